The summed E-state index contributed by atoms with van der Waals surface area (Å²) in [6.45, 7) is 0. The number of esters is 1. The molecule has 0 spiro atoms. The number of benzene rings is 1. The molecule has 0 saturated carbocycles. The molecule has 0 aliphatic carbocycles. The van der Waals surface area contributed by atoms with E-state index in [2.05, 4.69) is 4.98 Å². The molecule has 0 radical (unpaired) electrons. The summed E-state index contributed by atoms with van der Waals surface area (Å²) in [7, 11) is 1.27. The monoisotopic (exact) mass is 349 g/mol. The Balaban J connectivity index is 2.70. The second-order valence-electron chi connectivity index (χ2n) is 3.76. The fraction of sp³-hybridized carbons (Fsp3) is 0.0769. The second-order valence-corrected chi connectivity index (χ2v) is 5.36. The van der Waals surface area contributed by atoms with Crippen molar-refractivity contribution in [2.75, 3.05) is 7.11 Å². The molecular weight excluding hydrogens is 344 g/mol. The van der Waals surface area contributed by atoms with Crippen molar-refractivity contribution in [3.8, 4) is 11.3 Å². The number of rotatable bonds is 2. The van der Waals surface area contributed by atoms with Crippen LogP contribution in [0.3, 0.4) is 0 Å². The molecule has 0 amide bonds. The van der Waals surface area contributed by atoms with Crippen molar-refractivity contribution in [2.24, 2.45) is 0 Å². The summed E-state index contributed by atoms with van der Waals surface area (Å²) < 4.78 is 4.71. The molecule has 0 aliphatic heterocycles. The molecule has 1 aromatic carbocycles. The number of nitrogens with zero attached hydrogens (tertiary/aromatic N) is 1. The molecule has 2 rings (SSSR count). The Labute approximate surface area is 135 Å². The van der Waals surface area contributed by atoms with E-state index in [4.69, 9.17) is 51.1 Å². The topological polar surface area (TPSA) is 39.2 Å². The highest BCUT2D eigenvalue weighted by Crippen LogP contribution is 2.38. The van der Waals surface area contributed by atoms with Crippen LogP contribution in [0.25, 0.3) is 11.3 Å². The summed E-state index contributed by atoms with van der Waals surface area (Å²) in [5.41, 5.74) is 0.989. The van der Waals surface area contributed by atoms with Crippen molar-refractivity contribution in [1.82, 2.24) is 4.98 Å². The lowest BCUT2D eigenvalue weighted by atomic mass is 10.1. The molecule has 20 heavy (non-hydrogen) atoms. The van der Waals surface area contributed by atoms with Gasteiger partial charge in [-0.2, -0.15) is 0 Å². The van der Waals surface area contributed by atoms with Gasteiger partial charge in [-0.25, -0.2) is 4.79 Å². The molecule has 0 aliphatic rings. The van der Waals surface area contributed by atoms with Gasteiger partial charge >= 0.3 is 5.97 Å². The highest BCUT2D eigenvalue weighted by atomic mass is 35.5. The number of aromatic nitrogens is 1. The van der Waals surface area contributed by atoms with E-state index in [1.807, 2.05) is 0 Å². The zero-order valence-electron chi connectivity index (χ0n) is 10.1. The Kier molecular flexibility index (Phi) is 4.76. The number of hydrogen-bond acceptors (Lipinski definition) is 3. The number of carbonyl (C=O) groups excluding carboxylic acids is 1. The van der Waals surface area contributed by atoms with Crippen LogP contribution in [0.1, 0.15) is 10.4 Å². The Morgan fingerprint density at radius 1 is 1.15 bits per heavy atom. The quantitative estimate of drug-likeness (QED) is 0.555. The molecular formula is C13H7Cl4NO2. The largest absolute Gasteiger partial charge is 0.465 e. The fourth-order valence-corrected chi connectivity index (χ4v) is 2.41. The zero-order valence-corrected chi connectivity index (χ0v) is 13.1. The lowest BCUT2D eigenvalue weighted by Gasteiger charge is -2.10. The minimum atomic E-state index is -0.572. The van der Waals surface area contributed by atoms with Gasteiger partial charge in [0, 0.05) is 11.8 Å². The van der Waals surface area contributed by atoms with Crippen LogP contribution < -0.4 is 0 Å². The van der Waals surface area contributed by atoms with Crippen LogP contribution in [-0.2, 0) is 4.74 Å². The summed E-state index contributed by atoms with van der Waals surface area (Å²) in [5, 5.41) is 1.02. The highest BCUT2D eigenvalue weighted by molar-refractivity contribution is 6.49. The van der Waals surface area contributed by atoms with Crippen LogP contribution in [-0.4, -0.2) is 18.1 Å². The van der Waals surface area contributed by atoms with Gasteiger partial charge in [-0.15, -0.1) is 0 Å². The molecule has 1 heterocycles. The molecule has 7 heteroatoms. The first kappa shape index (κ1) is 15.4. The third kappa shape index (κ3) is 2.86. The van der Waals surface area contributed by atoms with Crippen molar-refractivity contribution in [3.63, 3.8) is 0 Å². The molecule has 2 aromatic rings. The van der Waals surface area contributed by atoms with Crippen molar-refractivity contribution < 1.29 is 9.53 Å². The van der Waals surface area contributed by atoms with Gasteiger partial charge in [-0.3, -0.25) is 4.98 Å². The number of carbonyl (C=O) groups is 1. The van der Waals surface area contributed by atoms with E-state index >= 15 is 0 Å². The van der Waals surface area contributed by atoms with E-state index < -0.39 is 5.97 Å². The lowest BCUT2D eigenvalue weighted by Crippen LogP contribution is -2.05. The molecule has 0 fully saturated rings. The van der Waals surface area contributed by atoms with Crippen molar-refractivity contribution in [2.45, 2.75) is 0 Å². The van der Waals surface area contributed by atoms with Crippen LogP contribution in [0.5, 0.6) is 0 Å². The van der Waals surface area contributed by atoms with E-state index in [-0.39, 0.29) is 15.6 Å². The van der Waals surface area contributed by atoms with Crippen molar-refractivity contribution >= 4 is 52.4 Å². The molecule has 0 saturated heterocycles. The van der Waals surface area contributed by atoms with Gasteiger partial charge in [0.1, 0.15) is 0 Å². The van der Waals surface area contributed by atoms with Crippen LogP contribution in [0, 0.1) is 0 Å². The standard InChI is InChI=1S/C13H7Cl4NO2/c1-20-13(19)8-4-6(14)5-18-12(8)7-2-3-9(15)11(17)10(7)16/h2-5H,1H3. The van der Waals surface area contributed by atoms with Gasteiger partial charge in [-0.1, -0.05) is 46.4 Å². The average molecular weight is 351 g/mol. The third-order valence-electron chi connectivity index (χ3n) is 2.55. The number of pyridine rings is 1. The van der Waals surface area contributed by atoms with E-state index in [0.717, 1.165) is 0 Å². The number of ether oxygens (including phenoxy) is 1. The maximum Gasteiger partial charge on any atom is 0.340 e. The SMILES string of the molecule is COC(=O)c1cc(Cl)cnc1-c1ccc(Cl)c(Cl)c1Cl. The predicted octanol–water partition coefficient (Wildman–Crippen LogP) is 5.15. The minimum Gasteiger partial charge on any atom is -0.465 e. The second kappa shape index (κ2) is 6.19. The summed E-state index contributed by atoms with van der Waals surface area (Å²) in [6, 6.07) is 4.65. The predicted molar refractivity (Wildman–Crippen MR) is 81.1 cm³/mol. The van der Waals surface area contributed by atoms with Crippen LogP contribution in [0.2, 0.25) is 20.1 Å². The summed E-state index contributed by atoms with van der Waals surface area (Å²) >= 11 is 23.9. The molecule has 104 valence electrons. The first-order valence-corrected chi connectivity index (χ1v) is 6.84. The van der Waals surface area contributed by atoms with Gasteiger partial charge < -0.3 is 4.74 Å². The average Bonchev–Trinajstić information content (AvgIpc) is 2.44. The summed E-state index contributed by atoms with van der Waals surface area (Å²) in [6.07, 6.45) is 1.40. The van der Waals surface area contributed by atoms with Crippen LogP contribution >= 0.6 is 46.4 Å². The maximum atomic E-state index is 11.8. The van der Waals surface area contributed by atoms with E-state index in [1.54, 1.807) is 12.1 Å². The Morgan fingerprint density at radius 2 is 1.85 bits per heavy atom. The molecule has 0 atom stereocenters. The molecule has 0 bridgehead atoms. The molecule has 0 N–H and O–H groups in total. The first-order valence-electron chi connectivity index (χ1n) is 5.33. The number of halogens is 4. The lowest BCUT2D eigenvalue weighted by molar-refractivity contribution is 0.0601. The van der Waals surface area contributed by atoms with Gasteiger partial charge in [0.15, 0.2) is 0 Å². The van der Waals surface area contributed by atoms with Gasteiger partial charge in [-0.05, 0) is 18.2 Å². The Hall–Kier alpha value is -1.000. The first-order chi connectivity index (χ1) is 9.45. The minimum absolute atomic E-state index is 0.193. The van der Waals surface area contributed by atoms with Crippen molar-refractivity contribution in [3.05, 3.63) is 50.0 Å². The zero-order chi connectivity index (χ0) is 14.9. The van der Waals surface area contributed by atoms with Gasteiger partial charge in [0.05, 0.1) is 38.5 Å². The van der Waals surface area contributed by atoms with E-state index in [9.17, 15) is 4.79 Å². The normalized spacial score (nSPS) is 10.4. The van der Waals surface area contributed by atoms with Gasteiger partial charge in [0.2, 0.25) is 0 Å². The van der Waals surface area contributed by atoms with Gasteiger partial charge in [0.25, 0.3) is 0 Å². The Bertz CT molecular complexity index is 688. The van der Waals surface area contributed by atoms with E-state index in [1.165, 1.54) is 19.4 Å². The van der Waals surface area contributed by atoms with Crippen molar-refractivity contribution in [1.29, 1.82) is 0 Å². The smallest absolute Gasteiger partial charge is 0.340 e. The molecule has 0 unspecified atom stereocenters. The molecule has 3 nitrogen and oxygen atoms in total. The Morgan fingerprint density at radius 3 is 2.50 bits per heavy atom. The third-order valence-corrected chi connectivity index (χ3v) is 4.05. The van der Waals surface area contributed by atoms with E-state index in [0.29, 0.717) is 21.3 Å². The van der Waals surface area contributed by atoms with Crippen LogP contribution in [0.15, 0.2) is 24.4 Å². The highest BCUT2D eigenvalue weighted by Gasteiger charge is 2.19. The number of methoxy groups -OCH3 is 1. The summed E-state index contributed by atoms with van der Waals surface area (Å²) in [4.78, 5) is 15.9. The summed E-state index contributed by atoms with van der Waals surface area (Å²) in [5.74, 6) is -0.572. The fourth-order valence-electron chi connectivity index (χ4n) is 1.63. The number of hydrogen-bond donors (Lipinski definition) is 0. The molecule has 1 aromatic heterocycles. The maximum absolute atomic E-state index is 11.8. The van der Waals surface area contributed by atoms with Crippen LogP contribution in [0.4, 0.5) is 0 Å².